The summed E-state index contributed by atoms with van der Waals surface area (Å²) in [5.41, 5.74) is 7.65. The molecule has 7 heteroatoms. The number of benzene rings is 1. The molecule has 0 atom stereocenters. The van der Waals surface area contributed by atoms with Crippen molar-refractivity contribution in [3.05, 3.63) is 40.6 Å². The number of amides is 1. The third-order valence-corrected chi connectivity index (χ3v) is 4.82. The number of primary amides is 1. The van der Waals surface area contributed by atoms with Crippen LogP contribution in [0.15, 0.2) is 35.1 Å². The molecule has 0 unspecified atom stereocenters. The Labute approximate surface area is 187 Å². The van der Waals surface area contributed by atoms with E-state index in [2.05, 4.69) is 45.6 Å². The van der Waals surface area contributed by atoms with Crippen LogP contribution in [0.4, 0.5) is 4.79 Å². The minimum absolute atomic E-state index is 0.453. The van der Waals surface area contributed by atoms with Crippen LogP contribution in [0.2, 0.25) is 0 Å². The summed E-state index contributed by atoms with van der Waals surface area (Å²) >= 11 is 3.61. The summed E-state index contributed by atoms with van der Waals surface area (Å²) in [7, 11) is 0. The van der Waals surface area contributed by atoms with E-state index in [1.54, 1.807) is 20.8 Å². The fourth-order valence-corrected chi connectivity index (χ4v) is 3.37. The monoisotopic (exact) mass is 478 g/mol. The van der Waals surface area contributed by atoms with Gasteiger partial charge in [0.25, 0.3) is 0 Å². The minimum Gasteiger partial charge on any atom is -0.492 e. The average Bonchev–Trinajstić information content (AvgIpc) is 2.64. The number of nitrogens with two attached hydrogens (primary N) is 1. The van der Waals surface area contributed by atoms with Crippen molar-refractivity contribution in [2.24, 2.45) is 11.7 Å². The van der Waals surface area contributed by atoms with Crippen molar-refractivity contribution < 1.29 is 19.0 Å². The number of hydrogen-bond acceptors (Lipinski definition) is 5. The second-order valence-corrected chi connectivity index (χ2v) is 9.37. The molecule has 1 amide bonds. The van der Waals surface area contributed by atoms with Gasteiger partial charge in [0.2, 0.25) is 0 Å². The fraction of sp³-hybridized carbons (Fsp3) is 0.478. The van der Waals surface area contributed by atoms with Gasteiger partial charge in [-0.1, -0.05) is 13.8 Å². The maximum Gasteiger partial charge on any atom is 0.405 e. The molecule has 30 heavy (non-hydrogen) atoms. The molecule has 0 spiro atoms. The molecule has 2 heterocycles. The first kappa shape index (κ1) is 24.0. The van der Waals surface area contributed by atoms with Crippen molar-refractivity contribution >= 4 is 22.0 Å². The summed E-state index contributed by atoms with van der Waals surface area (Å²) in [6, 6.07) is 6.09. The first-order valence-corrected chi connectivity index (χ1v) is 10.9. The molecule has 0 saturated carbocycles. The lowest BCUT2D eigenvalue weighted by atomic mass is 9.99. The van der Waals surface area contributed by atoms with Gasteiger partial charge in [-0.2, -0.15) is 0 Å². The molecule has 6 nitrogen and oxygen atoms in total. The summed E-state index contributed by atoms with van der Waals surface area (Å²) in [4.78, 5) is 14.2. The molecule has 164 valence electrons. The van der Waals surface area contributed by atoms with E-state index in [0.29, 0.717) is 12.5 Å². The number of nitrogens with zero attached hydrogens (tertiary/aromatic N) is 1. The topological polar surface area (TPSA) is 83.7 Å². The van der Waals surface area contributed by atoms with Crippen LogP contribution >= 0.6 is 15.9 Å². The van der Waals surface area contributed by atoms with Gasteiger partial charge in [-0.15, -0.1) is 0 Å². The number of rotatable bonds is 5. The Hall–Kier alpha value is -2.28. The highest BCUT2D eigenvalue weighted by Crippen LogP contribution is 2.42. The Morgan fingerprint density at radius 1 is 1.30 bits per heavy atom. The molecule has 0 saturated heterocycles. The van der Waals surface area contributed by atoms with E-state index < -0.39 is 11.7 Å². The lowest BCUT2D eigenvalue weighted by Crippen LogP contribution is -2.27. The number of carbonyl (C=O) groups excluding carboxylic acids is 1. The summed E-state index contributed by atoms with van der Waals surface area (Å²) in [5, 5.41) is 0. The summed E-state index contributed by atoms with van der Waals surface area (Å²) in [6.45, 7) is 11.0. The summed E-state index contributed by atoms with van der Waals surface area (Å²) < 4.78 is 17.3. The maximum absolute atomic E-state index is 10.0. The SMILES string of the molecule is CC(C)(C)OC(N)=O.CC(C)CCCOc1cc2c(cc1Br)-c1ccncc1CO2. The van der Waals surface area contributed by atoms with Crippen molar-refractivity contribution in [2.45, 2.75) is 59.7 Å². The number of fused-ring (bicyclic) bond motifs is 3. The normalized spacial score (nSPS) is 12.1. The molecule has 0 aliphatic carbocycles. The molecule has 2 aromatic rings. The molecular formula is C23H31BrN2O4. The van der Waals surface area contributed by atoms with Gasteiger partial charge in [0.15, 0.2) is 0 Å². The molecule has 0 fully saturated rings. The zero-order valence-electron chi connectivity index (χ0n) is 18.3. The van der Waals surface area contributed by atoms with Crippen LogP contribution in [-0.4, -0.2) is 23.3 Å². The van der Waals surface area contributed by atoms with Crippen molar-refractivity contribution in [1.29, 1.82) is 0 Å². The van der Waals surface area contributed by atoms with E-state index >= 15 is 0 Å². The zero-order valence-corrected chi connectivity index (χ0v) is 19.9. The molecule has 0 radical (unpaired) electrons. The van der Waals surface area contributed by atoms with Crippen LogP contribution < -0.4 is 15.2 Å². The minimum atomic E-state index is -0.725. The predicted molar refractivity (Wildman–Crippen MR) is 122 cm³/mol. The van der Waals surface area contributed by atoms with E-state index in [1.807, 2.05) is 24.5 Å². The number of halogens is 1. The summed E-state index contributed by atoms with van der Waals surface area (Å²) in [5.74, 6) is 2.43. The smallest absolute Gasteiger partial charge is 0.405 e. The van der Waals surface area contributed by atoms with Crippen LogP contribution in [-0.2, 0) is 11.3 Å². The standard InChI is InChI=1S/C18H20BrNO2.C5H11NO2/c1-12(2)4-3-7-21-18-9-17-15(8-16(18)19)14-5-6-20-10-13(14)11-22-17;1-5(2,3)8-4(6)7/h5-6,8-10,12H,3-4,7,11H2,1-2H3;1-3H3,(H2,6,7). The number of pyridine rings is 1. The second-order valence-electron chi connectivity index (χ2n) is 8.52. The lowest BCUT2D eigenvalue weighted by Gasteiger charge is -2.22. The van der Waals surface area contributed by atoms with Crippen molar-refractivity contribution in [1.82, 2.24) is 4.98 Å². The first-order chi connectivity index (χ1) is 14.1. The van der Waals surface area contributed by atoms with E-state index in [9.17, 15) is 4.79 Å². The van der Waals surface area contributed by atoms with Gasteiger partial charge in [-0.05, 0) is 73.2 Å². The number of aromatic nitrogens is 1. The quantitative estimate of drug-likeness (QED) is 0.524. The Bertz CT molecular complexity index is 863. The Balaban J connectivity index is 0.000000343. The highest BCUT2D eigenvalue weighted by Gasteiger charge is 2.19. The highest BCUT2D eigenvalue weighted by atomic mass is 79.9. The van der Waals surface area contributed by atoms with Gasteiger partial charge in [0.1, 0.15) is 23.7 Å². The summed E-state index contributed by atoms with van der Waals surface area (Å²) in [6.07, 6.45) is 5.20. The van der Waals surface area contributed by atoms with Gasteiger partial charge < -0.3 is 19.9 Å². The van der Waals surface area contributed by atoms with E-state index in [0.717, 1.165) is 40.1 Å². The second kappa shape index (κ2) is 10.7. The van der Waals surface area contributed by atoms with Crippen molar-refractivity contribution in [3.63, 3.8) is 0 Å². The van der Waals surface area contributed by atoms with Crippen LogP contribution in [0.1, 0.15) is 53.0 Å². The maximum atomic E-state index is 10.0. The highest BCUT2D eigenvalue weighted by molar-refractivity contribution is 9.10. The molecular weight excluding hydrogens is 448 g/mol. The fourth-order valence-electron chi connectivity index (χ4n) is 2.91. The largest absolute Gasteiger partial charge is 0.492 e. The van der Waals surface area contributed by atoms with Gasteiger partial charge in [-0.25, -0.2) is 4.79 Å². The number of ether oxygens (including phenoxy) is 3. The molecule has 1 aliphatic heterocycles. The number of hydrogen-bond donors (Lipinski definition) is 1. The molecule has 1 aromatic heterocycles. The van der Waals surface area contributed by atoms with E-state index in [-0.39, 0.29) is 0 Å². The van der Waals surface area contributed by atoms with Gasteiger partial charge >= 0.3 is 6.09 Å². The molecule has 0 bridgehead atoms. The van der Waals surface area contributed by atoms with Crippen LogP contribution in [0.5, 0.6) is 11.5 Å². The van der Waals surface area contributed by atoms with Crippen LogP contribution in [0, 0.1) is 5.92 Å². The van der Waals surface area contributed by atoms with Crippen LogP contribution in [0.25, 0.3) is 11.1 Å². The molecule has 3 rings (SSSR count). The number of carbonyl (C=O) groups is 1. The lowest BCUT2D eigenvalue weighted by molar-refractivity contribution is 0.0600. The van der Waals surface area contributed by atoms with Gasteiger partial charge in [0.05, 0.1) is 11.1 Å². The van der Waals surface area contributed by atoms with Gasteiger partial charge in [0, 0.05) is 29.6 Å². The van der Waals surface area contributed by atoms with E-state index in [1.165, 1.54) is 12.0 Å². The van der Waals surface area contributed by atoms with Crippen molar-refractivity contribution in [3.8, 4) is 22.6 Å². The van der Waals surface area contributed by atoms with Crippen molar-refractivity contribution in [2.75, 3.05) is 6.61 Å². The zero-order chi connectivity index (χ0) is 22.3. The Morgan fingerprint density at radius 2 is 2.03 bits per heavy atom. The van der Waals surface area contributed by atoms with E-state index in [4.69, 9.17) is 15.2 Å². The molecule has 1 aromatic carbocycles. The third kappa shape index (κ3) is 7.52. The average molecular weight is 479 g/mol. The Morgan fingerprint density at radius 3 is 2.63 bits per heavy atom. The third-order valence-electron chi connectivity index (χ3n) is 4.20. The predicted octanol–water partition coefficient (Wildman–Crippen LogP) is 6.10. The van der Waals surface area contributed by atoms with Gasteiger partial charge in [-0.3, -0.25) is 4.98 Å². The molecule has 1 aliphatic rings. The Kier molecular flexibility index (Phi) is 8.53. The molecule has 2 N–H and O–H groups in total. The van der Waals surface area contributed by atoms with Crippen LogP contribution in [0.3, 0.4) is 0 Å². The first-order valence-electron chi connectivity index (χ1n) is 10.1.